The van der Waals surface area contributed by atoms with E-state index < -0.39 is 0 Å². The highest BCUT2D eigenvalue weighted by molar-refractivity contribution is 7.09. The van der Waals surface area contributed by atoms with Gasteiger partial charge in [0.05, 0.1) is 6.54 Å². The molecule has 0 aliphatic carbocycles. The Morgan fingerprint density at radius 3 is 3.40 bits per heavy atom. The summed E-state index contributed by atoms with van der Waals surface area (Å²) in [5, 5.41) is 6.93. The van der Waals surface area contributed by atoms with E-state index in [1.807, 2.05) is 6.20 Å². The van der Waals surface area contributed by atoms with E-state index in [4.69, 9.17) is 0 Å². The molecule has 0 saturated carbocycles. The average Bonchev–Trinajstić information content (AvgIpc) is 2.87. The minimum absolute atomic E-state index is 0.803. The van der Waals surface area contributed by atoms with Gasteiger partial charge in [0.15, 0.2) is 0 Å². The van der Waals surface area contributed by atoms with Gasteiger partial charge in [0.25, 0.3) is 0 Å². The Morgan fingerprint density at radius 2 is 2.53 bits per heavy atom. The molecule has 82 valence electrons. The number of aromatic nitrogens is 1. The highest BCUT2D eigenvalue weighted by atomic mass is 32.1. The second kappa shape index (κ2) is 4.20. The lowest BCUT2D eigenvalue weighted by Crippen LogP contribution is -2.43. The van der Waals surface area contributed by atoms with E-state index in [-0.39, 0.29) is 0 Å². The Balaban J connectivity index is 1.59. The average molecular weight is 223 g/mol. The summed E-state index contributed by atoms with van der Waals surface area (Å²) in [5.41, 5.74) is 0. The predicted octanol–water partition coefficient (Wildman–Crippen LogP) is 1.33. The lowest BCUT2D eigenvalue weighted by atomic mass is 9.93. The molecule has 0 spiro atoms. The van der Waals surface area contributed by atoms with Crippen LogP contribution in [-0.2, 0) is 6.54 Å². The quantitative estimate of drug-likeness (QED) is 0.820. The van der Waals surface area contributed by atoms with Gasteiger partial charge in [-0.15, -0.1) is 11.3 Å². The van der Waals surface area contributed by atoms with Crippen LogP contribution in [0.25, 0.3) is 0 Å². The third-order valence-corrected chi connectivity index (χ3v) is 4.35. The molecule has 0 bridgehead atoms. The van der Waals surface area contributed by atoms with Gasteiger partial charge in [-0.2, -0.15) is 0 Å². The summed E-state index contributed by atoms with van der Waals surface area (Å²) in [5.74, 6) is 0.888. The maximum Gasteiger partial charge on any atom is 0.107 e. The number of rotatable bonds is 2. The molecule has 1 N–H and O–H groups in total. The zero-order chi connectivity index (χ0) is 10.1. The minimum atomic E-state index is 0.803. The normalized spacial score (nSPS) is 31.7. The number of thiazole rings is 1. The summed E-state index contributed by atoms with van der Waals surface area (Å²) in [6.07, 6.45) is 4.58. The highest BCUT2D eigenvalue weighted by Gasteiger charge is 2.32. The smallest absolute Gasteiger partial charge is 0.107 e. The second-order valence-corrected chi connectivity index (χ2v) is 5.54. The van der Waals surface area contributed by atoms with Crippen LogP contribution in [0.15, 0.2) is 11.6 Å². The third kappa shape index (κ3) is 2.07. The number of nitrogens with one attached hydrogen (secondary N) is 1. The van der Waals surface area contributed by atoms with Gasteiger partial charge in [-0.3, -0.25) is 4.90 Å². The SMILES string of the molecule is c1csc(CN2CCC3NCCC3C2)n1. The first-order valence-electron chi connectivity index (χ1n) is 5.76. The molecule has 2 saturated heterocycles. The first kappa shape index (κ1) is 9.75. The van der Waals surface area contributed by atoms with E-state index in [0.29, 0.717) is 0 Å². The lowest BCUT2D eigenvalue weighted by molar-refractivity contribution is 0.156. The van der Waals surface area contributed by atoms with Crippen LogP contribution in [-0.4, -0.2) is 35.6 Å². The van der Waals surface area contributed by atoms with Crippen molar-refractivity contribution in [3.05, 3.63) is 16.6 Å². The van der Waals surface area contributed by atoms with Crippen LogP contribution < -0.4 is 5.32 Å². The topological polar surface area (TPSA) is 28.2 Å². The predicted molar refractivity (Wildman–Crippen MR) is 61.9 cm³/mol. The maximum absolute atomic E-state index is 4.36. The molecule has 0 amide bonds. The van der Waals surface area contributed by atoms with Crippen LogP contribution in [0.3, 0.4) is 0 Å². The van der Waals surface area contributed by atoms with Crippen LogP contribution in [0, 0.1) is 5.92 Å². The Bertz CT molecular complexity index is 312. The number of hydrogen-bond donors (Lipinski definition) is 1. The molecule has 1 aromatic heterocycles. The van der Waals surface area contributed by atoms with Crippen molar-refractivity contribution in [3.63, 3.8) is 0 Å². The Morgan fingerprint density at radius 1 is 1.53 bits per heavy atom. The lowest BCUT2D eigenvalue weighted by Gasteiger charge is -2.34. The number of fused-ring (bicyclic) bond motifs is 1. The maximum atomic E-state index is 4.36. The standard InChI is InChI=1S/C11H17N3S/c1-3-12-10-2-5-14(7-9(1)10)8-11-13-4-6-15-11/h4,6,9-10,12H,1-3,5,7-8H2. The first-order chi connectivity index (χ1) is 7.42. The zero-order valence-corrected chi connectivity index (χ0v) is 9.67. The Hall–Kier alpha value is -0.450. The third-order valence-electron chi connectivity index (χ3n) is 3.58. The van der Waals surface area contributed by atoms with Gasteiger partial charge in [-0.1, -0.05) is 0 Å². The summed E-state index contributed by atoms with van der Waals surface area (Å²) in [6, 6.07) is 0.803. The summed E-state index contributed by atoms with van der Waals surface area (Å²) < 4.78 is 0. The fourth-order valence-electron chi connectivity index (χ4n) is 2.79. The van der Waals surface area contributed by atoms with Crippen molar-refractivity contribution in [1.82, 2.24) is 15.2 Å². The molecule has 3 heterocycles. The monoisotopic (exact) mass is 223 g/mol. The van der Waals surface area contributed by atoms with Crippen LogP contribution >= 0.6 is 11.3 Å². The van der Waals surface area contributed by atoms with Gasteiger partial charge in [-0.25, -0.2) is 4.98 Å². The van der Waals surface area contributed by atoms with Crippen molar-refractivity contribution in [1.29, 1.82) is 0 Å². The van der Waals surface area contributed by atoms with E-state index in [1.165, 1.54) is 37.5 Å². The largest absolute Gasteiger partial charge is 0.314 e. The molecule has 2 aliphatic heterocycles. The molecule has 0 aromatic carbocycles. The molecule has 2 fully saturated rings. The number of piperidine rings is 1. The molecule has 2 atom stereocenters. The van der Waals surface area contributed by atoms with E-state index in [2.05, 4.69) is 20.6 Å². The van der Waals surface area contributed by atoms with Crippen LogP contribution in [0.2, 0.25) is 0 Å². The fourth-order valence-corrected chi connectivity index (χ4v) is 3.45. The van der Waals surface area contributed by atoms with E-state index in [0.717, 1.165) is 18.5 Å². The van der Waals surface area contributed by atoms with Gasteiger partial charge >= 0.3 is 0 Å². The molecule has 4 heteroatoms. The summed E-state index contributed by atoms with van der Waals surface area (Å²) in [6.45, 7) is 4.77. The zero-order valence-electron chi connectivity index (χ0n) is 8.85. The summed E-state index contributed by atoms with van der Waals surface area (Å²) >= 11 is 1.77. The van der Waals surface area contributed by atoms with Gasteiger partial charge in [0.1, 0.15) is 5.01 Å². The molecule has 2 unspecified atom stereocenters. The highest BCUT2D eigenvalue weighted by Crippen LogP contribution is 2.25. The van der Waals surface area contributed by atoms with Crippen molar-refractivity contribution in [2.75, 3.05) is 19.6 Å². The van der Waals surface area contributed by atoms with Gasteiger partial charge < -0.3 is 5.32 Å². The Labute approximate surface area is 94.5 Å². The van der Waals surface area contributed by atoms with Gasteiger partial charge in [0, 0.05) is 30.7 Å². The molecule has 15 heavy (non-hydrogen) atoms. The van der Waals surface area contributed by atoms with Gasteiger partial charge in [0.2, 0.25) is 0 Å². The van der Waals surface area contributed by atoms with Crippen LogP contribution in [0.1, 0.15) is 17.8 Å². The number of likely N-dealkylation sites (tertiary alicyclic amines) is 1. The summed E-state index contributed by atoms with van der Waals surface area (Å²) in [7, 11) is 0. The van der Waals surface area contributed by atoms with Gasteiger partial charge in [-0.05, 0) is 25.3 Å². The fraction of sp³-hybridized carbons (Fsp3) is 0.727. The second-order valence-electron chi connectivity index (χ2n) is 4.56. The van der Waals surface area contributed by atoms with Crippen molar-refractivity contribution in [2.45, 2.75) is 25.4 Å². The molecule has 3 nitrogen and oxygen atoms in total. The number of hydrogen-bond acceptors (Lipinski definition) is 4. The molecule has 0 radical (unpaired) electrons. The molecular formula is C11H17N3S. The first-order valence-corrected chi connectivity index (χ1v) is 6.64. The van der Waals surface area contributed by atoms with Crippen molar-refractivity contribution in [2.24, 2.45) is 5.92 Å². The van der Waals surface area contributed by atoms with E-state index >= 15 is 0 Å². The molecule has 1 aromatic rings. The van der Waals surface area contributed by atoms with Crippen LogP contribution in [0.5, 0.6) is 0 Å². The Kier molecular flexibility index (Phi) is 2.73. The summed E-state index contributed by atoms with van der Waals surface area (Å²) in [4.78, 5) is 6.92. The number of nitrogens with zero attached hydrogens (tertiary/aromatic N) is 2. The van der Waals surface area contributed by atoms with E-state index in [9.17, 15) is 0 Å². The molecule has 3 rings (SSSR count). The van der Waals surface area contributed by atoms with Crippen molar-refractivity contribution >= 4 is 11.3 Å². The molecular weight excluding hydrogens is 206 g/mol. The van der Waals surface area contributed by atoms with Crippen molar-refractivity contribution < 1.29 is 0 Å². The van der Waals surface area contributed by atoms with E-state index in [1.54, 1.807) is 11.3 Å². The minimum Gasteiger partial charge on any atom is -0.314 e. The van der Waals surface area contributed by atoms with Crippen LogP contribution in [0.4, 0.5) is 0 Å². The van der Waals surface area contributed by atoms with Crippen molar-refractivity contribution in [3.8, 4) is 0 Å². The molecule has 2 aliphatic rings.